The van der Waals surface area contributed by atoms with Gasteiger partial charge in [0.2, 0.25) is 0 Å². The van der Waals surface area contributed by atoms with Crippen LogP contribution in [0, 0.1) is 0 Å². The molecule has 0 aliphatic heterocycles. The minimum absolute atomic E-state index is 0.320. The smallest absolute Gasteiger partial charge is 0.331 e. The molecule has 2 aromatic rings. The van der Waals surface area contributed by atoms with E-state index in [1.165, 1.54) is 0 Å². The summed E-state index contributed by atoms with van der Waals surface area (Å²) in [5, 5.41) is 10.9. The van der Waals surface area contributed by atoms with E-state index in [0.29, 0.717) is 32.9 Å². The summed E-state index contributed by atoms with van der Waals surface area (Å²) in [6.07, 6.45) is 0. The number of hydrogen-bond donors (Lipinski definition) is 1. The fourth-order valence-electron chi connectivity index (χ4n) is 2.35. The van der Waals surface area contributed by atoms with Crippen molar-refractivity contribution in [1.82, 2.24) is 0 Å². The molecule has 0 fully saturated rings. The van der Waals surface area contributed by atoms with E-state index in [9.17, 15) is 9.90 Å². The van der Waals surface area contributed by atoms with Crippen molar-refractivity contribution in [3.05, 3.63) is 63.1 Å². The maximum absolute atomic E-state index is 11.9. The molecule has 1 unspecified atom stereocenters. The first-order valence-corrected chi connectivity index (χ1v) is 7.78. The van der Waals surface area contributed by atoms with Crippen LogP contribution in [0.2, 0.25) is 15.1 Å². The molecule has 22 heavy (non-hydrogen) atoms. The van der Waals surface area contributed by atoms with Gasteiger partial charge in [0.15, 0.2) is 6.04 Å². The standard InChI is InChI=1S/C16H14Cl3NO2/c1-2-20(11-6-3-5-10(17)9-11)15(16(21)22)14-12(18)7-4-8-13(14)19/h3-9,15H,2H2,1H3,(H,21,22). The van der Waals surface area contributed by atoms with Crippen LogP contribution in [0.1, 0.15) is 18.5 Å². The summed E-state index contributed by atoms with van der Waals surface area (Å²) in [7, 11) is 0. The van der Waals surface area contributed by atoms with Gasteiger partial charge in [0.25, 0.3) is 0 Å². The van der Waals surface area contributed by atoms with Crippen molar-refractivity contribution in [2.75, 3.05) is 11.4 Å². The lowest BCUT2D eigenvalue weighted by molar-refractivity contribution is -0.138. The molecular weight excluding hydrogens is 345 g/mol. The molecule has 0 aliphatic rings. The van der Waals surface area contributed by atoms with Gasteiger partial charge in [0.05, 0.1) is 0 Å². The largest absolute Gasteiger partial charge is 0.479 e. The maximum Gasteiger partial charge on any atom is 0.331 e. The second kappa shape index (κ2) is 7.23. The number of benzene rings is 2. The third kappa shape index (κ3) is 3.49. The Morgan fingerprint density at radius 2 is 1.73 bits per heavy atom. The monoisotopic (exact) mass is 357 g/mol. The van der Waals surface area contributed by atoms with Gasteiger partial charge in [-0.3, -0.25) is 0 Å². The van der Waals surface area contributed by atoms with Crippen molar-refractivity contribution in [3.63, 3.8) is 0 Å². The predicted molar refractivity (Wildman–Crippen MR) is 91.3 cm³/mol. The maximum atomic E-state index is 11.9. The Morgan fingerprint density at radius 3 is 2.23 bits per heavy atom. The number of anilines is 1. The van der Waals surface area contributed by atoms with E-state index in [1.807, 2.05) is 6.92 Å². The van der Waals surface area contributed by atoms with E-state index in [2.05, 4.69) is 0 Å². The molecule has 0 spiro atoms. The summed E-state index contributed by atoms with van der Waals surface area (Å²) in [4.78, 5) is 13.6. The highest BCUT2D eigenvalue weighted by Gasteiger charge is 2.30. The second-order valence-electron chi connectivity index (χ2n) is 4.64. The fourth-order valence-corrected chi connectivity index (χ4v) is 3.14. The van der Waals surface area contributed by atoms with Gasteiger partial charge in [-0.15, -0.1) is 0 Å². The number of rotatable bonds is 5. The Kier molecular flexibility index (Phi) is 5.57. The van der Waals surface area contributed by atoms with Gasteiger partial charge in [-0.2, -0.15) is 0 Å². The lowest BCUT2D eigenvalue weighted by Gasteiger charge is -2.31. The summed E-state index contributed by atoms with van der Waals surface area (Å²) in [6, 6.07) is 11.0. The predicted octanol–water partition coefficient (Wildman–Crippen LogP) is 5.30. The van der Waals surface area contributed by atoms with Crippen LogP contribution in [0.4, 0.5) is 5.69 Å². The number of hydrogen-bond acceptors (Lipinski definition) is 2. The van der Waals surface area contributed by atoms with Crippen molar-refractivity contribution < 1.29 is 9.90 Å². The number of nitrogens with zero attached hydrogens (tertiary/aromatic N) is 1. The molecule has 0 heterocycles. The van der Waals surface area contributed by atoms with Crippen LogP contribution in [-0.4, -0.2) is 17.6 Å². The molecule has 0 radical (unpaired) electrons. The van der Waals surface area contributed by atoms with E-state index in [-0.39, 0.29) is 0 Å². The molecule has 0 saturated carbocycles. The van der Waals surface area contributed by atoms with Crippen LogP contribution in [0.3, 0.4) is 0 Å². The molecule has 2 aromatic carbocycles. The van der Waals surface area contributed by atoms with E-state index < -0.39 is 12.0 Å². The minimum Gasteiger partial charge on any atom is -0.479 e. The first kappa shape index (κ1) is 16.9. The number of carboxylic acids is 1. The van der Waals surface area contributed by atoms with E-state index in [0.717, 1.165) is 0 Å². The highest BCUT2D eigenvalue weighted by atomic mass is 35.5. The first-order chi connectivity index (χ1) is 10.5. The Balaban J connectivity index is 2.57. The zero-order chi connectivity index (χ0) is 16.3. The molecule has 0 saturated heterocycles. The molecular formula is C16H14Cl3NO2. The molecule has 0 amide bonds. The Morgan fingerprint density at radius 1 is 1.14 bits per heavy atom. The minimum atomic E-state index is -1.03. The van der Waals surface area contributed by atoms with E-state index in [4.69, 9.17) is 34.8 Å². The SMILES string of the molecule is CCN(c1cccc(Cl)c1)C(C(=O)O)c1c(Cl)cccc1Cl. The molecule has 0 aromatic heterocycles. The van der Waals surface area contributed by atoms with E-state index >= 15 is 0 Å². The Bertz CT molecular complexity index is 671. The summed E-state index contributed by atoms with van der Waals surface area (Å²) < 4.78 is 0. The van der Waals surface area contributed by atoms with Gasteiger partial charge in [-0.05, 0) is 37.3 Å². The second-order valence-corrected chi connectivity index (χ2v) is 5.89. The molecule has 0 bridgehead atoms. The van der Waals surface area contributed by atoms with Crippen LogP contribution in [0.15, 0.2) is 42.5 Å². The number of halogens is 3. The Hall–Kier alpha value is -1.42. The summed E-state index contributed by atoms with van der Waals surface area (Å²) in [5.74, 6) is -1.03. The van der Waals surface area contributed by atoms with Crippen LogP contribution in [0.5, 0.6) is 0 Å². The zero-order valence-electron chi connectivity index (χ0n) is 11.8. The van der Waals surface area contributed by atoms with Gasteiger partial charge in [-0.1, -0.05) is 46.9 Å². The van der Waals surface area contributed by atoms with Crippen LogP contribution in [0.25, 0.3) is 0 Å². The lowest BCUT2D eigenvalue weighted by atomic mass is 10.0. The summed E-state index contributed by atoms with van der Waals surface area (Å²) >= 11 is 18.4. The molecule has 1 N–H and O–H groups in total. The average Bonchev–Trinajstić information content (AvgIpc) is 2.46. The van der Waals surface area contributed by atoms with Crippen molar-refractivity contribution in [1.29, 1.82) is 0 Å². The van der Waals surface area contributed by atoms with Crippen molar-refractivity contribution in [3.8, 4) is 0 Å². The highest BCUT2D eigenvalue weighted by Crippen LogP contribution is 2.36. The third-order valence-electron chi connectivity index (χ3n) is 3.30. The van der Waals surface area contributed by atoms with E-state index in [1.54, 1.807) is 47.4 Å². The van der Waals surface area contributed by atoms with Gasteiger partial charge < -0.3 is 10.0 Å². The molecule has 1 atom stereocenters. The molecule has 2 rings (SSSR count). The van der Waals surface area contributed by atoms with Crippen molar-refractivity contribution in [2.24, 2.45) is 0 Å². The molecule has 6 heteroatoms. The van der Waals surface area contributed by atoms with Crippen molar-refractivity contribution in [2.45, 2.75) is 13.0 Å². The van der Waals surface area contributed by atoms with Crippen LogP contribution in [-0.2, 0) is 4.79 Å². The highest BCUT2D eigenvalue weighted by molar-refractivity contribution is 6.36. The normalized spacial score (nSPS) is 12.0. The van der Waals surface area contributed by atoms with Crippen molar-refractivity contribution >= 4 is 46.5 Å². The third-order valence-corrected chi connectivity index (χ3v) is 4.19. The Labute approximate surface area is 144 Å². The fraction of sp³-hybridized carbons (Fsp3) is 0.188. The quantitative estimate of drug-likeness (QED) is 0.788. The summed E-state index contributed by atoms with van der Waals surface area (Å²) in [5.41, 5.74) is 1.07. The van der Waals surface area contributed by atoms with Gasteiger partial charge in [0, 0.05) is 32.9 Å². The van der Waals surface area contributed by atoms with Gasteiger partial charge in [-0.25, -0.2) is 4.79 Å². The number of carboxylic acid groups (broad SMARTS) is 1. The number of carbonyl (C=O) groups is 1. The lowest BCUT2D eigenvalue weighted by Crippen LogP contribution is -2.34. The molecule has 0 aliphatic carbocycles. The van der Waals surface area contributed by atoms with Crippen LogP contribution < -0.4 is 4.90 Å². The zero-order valence-corrected chi connectivity index (χ0v) is 14.0. The molecule has 116 valence electrons. The topological polar surface area (TPSA) is 40.5 Å². The average molecular weight is 359 g/mol. The molecule has 3 nitrogen and oxygen atoms in total. The van der Waals surface area contributed by atoms with Gasteiger partial charge in [0.1, 0.15) is 0 Å². The number of aliphatic carboxylic acids is 1. The summed E-state index contributed by atoms with van der Waals surface area (Å²) in [6.45, 7) is 2.32. The van der Waals surface area contributed by atoms with Crippen LogP contribution >= 0.6 is 34.8 Å². The van der Waals surface area contributed by atoms with Gasteiger partial charge >= 0.3 is 5.97 Å². The first-order valence-electron chi connectivity index (χ1n) is 6.64. The number of likely N-dealkylation sites (N-methyl/N-ethyl adjacent to an activating group) is 1.